The second-order valence-electron chi connectivity index (χ2n) is 4.75. The summed E-state index contributed by atoms with van der Waals surface area (Å²) in [5.41, 5.74) is 3.05. The first-order chi connectivity index (χ1) is 9.54. The lowest BCUT2D eigenvalue weighted by molar-refractivity contribution is 0.0978. The van der Waals surface area contributed by atoms with Gasteiger partial charge in [0.25, 0.3) is 0 Å². The molecule has 2 aromatic rings. The monoisotopic (exact) mass is 283 g/mol. The number of hydrogen-bond acceptors (Lipinski definition) is 2. The molecule has 1 unspecified atom stereocenters. The van der Waals surface area contributed by atoms with Crippen LogP contribution in [0.4, 0.5) is 0 Å². The Kier molecular flexibility index (Phi) is 4.22. The van der Waals surface area contributed by atoms with Gasteiger partial charge in [0.05, 0.1) is 6.07 Å². The molecule has 0 aliphatic heterocycles. The van der Waals surface area contributed by atoms with Crippen LogP contribution in [-0.4, -0.2) is 5.78 Å². The van der Waals surface area contributed by atoms with Crippen molar-refractivity contribution in [2.45, 2.75) is 19.8 Å². The van der Waals surface area contributed by atoms with Crippen LogP contribution in [0.3, 0.4) is 0 Å². The van der Waals surface area contributed by atoms with Crippen LogP contribution in [0.15, 0.2) is 42.5 Å². The Balaban J connectivity index is 2.42. The van der Waals surface area contributed by atoms with Crippen LogP contribution in [-0.2, 0) is 0 Å². The fourth-order valence-electron chi connectivity index (χ4n) is 2.14. The van der Waals surface area contributed by atoms with E-state index in [9.17, 15) is 10.1 Å². The minimum atomic E-state index is -0.781. The molecule has 3 heteroatoms. The van der Waals surface area contributed by atoms with Crippen molar-refractivity contribution >= 4 is 17.4 Å². The second kappa shape index (κ2) is 5.90. The van der Waals surface area contributed by atoms with E-state index in [1.807, 2.05) is 38.1 Å². The van der Waals surface area contributed by atoms with Crippen molar-refractivity contribution < 1.29 is 4.79 Å². The molecule has 0 bridgehead atoms. The average Bonchev–Trinajstić information content (AvgIpc) is 2.44. The zero-order valence-corrected chi connectivity index (χ0v) is 12.1. The van der Waals surface area contributed by atoms with E-state index < -0.39 is 5.92 Å². The molecule has 0 saturated carbocycles. The van der Waals surface area contributed by atoms with Crippen LogP contribution in [0, 0.1) is 25.2 Å². The fourth-order valence-corrected chi connectivity index (χ4v) is 2.26. The SMILES string of the molecule is Cc1cc(C(=O)C(C#N)c2ccccc2C)ccc1Cl. The number of rotatable bonds is 3. The van der Waals surface area contributed by atoms with E-state index in [4.69, 9.17) is 11.6 Å². The number of nitriles is 1. The Morgan fingerprint density at radius 3 is 2.45 bits per heavy atom. The second-order valence-corrected chi connectivity index (χ2v) is 5.15. The minimum Gasteiger partial charge on any atom is -0.292 e. The Hall–Kier alpha value is -2.11. The number of hydrogen-bond donors (Lipinski definition) is 0. The van der Waals surface area contributed by atoms with Gasteiger partial charge in [0.1, 0.15) is 5.92 Å². The molecule has 0 heterocycles. The van der Waals surface area contributed by atoms with Gasteiger partial charge in [-0.25, -0.2) is 0 Å². The maximum Gasteiger partial charge on any atom is 0.184 e. The number of carbonyl (C=O) groups is 1. The van der Waals surface area contributed by atoms with E-state index in [1.165, 1.54) is 0 Å². The molecule has 0 fully saturated rings. The van der Waals surface area contributed by atoms with Crippen molar-refractivity contribution in [3.8, 4) is 6.07 Å². The number of carbonyl (C=O) groups excluding carboxylic acids is 1. The van der Waals surface area contributed by atoms with E-state index in [2.05, 4.69) is 6.07 Å². The molecule has 100 valence electrons. The van der Waals surface area contributed by atoms with Gasteiger partial charge in [-0.15, -0.1) is 0 Å². The van der Waals surface area contributed by atoms with Crippen molar-refractivity contribution in [3.63, 3.8) is 0 Å². The summed E-state index contributed by atoms with van der Waals surface area (Å²) in [4.78, 5) is 12.5. The molecule has 0 saturated heterocycles. The number of ketones is 1. The molecular weight excluding hydrogens is 270 g/mol. The lowest BCUT2D eigenvalue weighted by Crippen LogP contribution is -2.12. The van der Waals surface area contributed by atoms with E-state index >= 15 is 0 Å². The molecule has 0 aromatic heterocycles. The smallest absolute Gasteiger partial charge is 0.184 e. The zero-order chi connectivity index (χ0) is 14.7. The molecule has 20 heavy (non-hydrogen) atoms. The first-order valence-corrected chi connectivity index (χ1v) is 6.68. The van der Waals surface area contributed by atoms with Gasteiger partial charge in [-0.2, -0.15) is 5.26 Å². The number of nitrogens with zero attached hydrogens (tertiary/aromatic N) is 1. The Morgan fingerprint density at radius 1 is 1.15 bits per heavy atom. The highest BCUT2D eigenvalue weighted by atomic mass is 35.5. The topological polar surface area (TPSA) is 40.9 Å². The van der Waals surface area contributed by atoms with E-state index in [0.29, 0.717) is 10.6 Å². The molecular formula is C17H14ClNO. The summed E-state index contributed by atoms with van der Waals surface area (Å²) in [6.07, 6.45) is 0. The van der Waals surface area contributed by atoms with E-state index in [-0.39, 0.29) is 5.78 Å². The van der Waals surface area contributed by atoms with Gasteiger partial charge in [-0.1, -0.05) is 35.9 Å². The van der Waals surface area contributed by atoms with Crippen LogP contribution < -0.4 is 0 Å². The summed E-state index contributed by atoms with van der Waals surface area (Å²) in [5, 5.41) is 9.98. The third kappa shape index (κ3) is 2.74. The molecule has 0 radical (unpaired) electrons. The van der Waals surface area contributed by atoms with Gasteiger partial charge in [0.15, 0.2) is 5.78 Å². The molecule has 1 atom stereocenters. The summed E-state index contributed by atoms with van der Waals surface area (Å²) in [6.45, 7) is 3.74. The number of Topliss-reactive ketones (excluding diaryl/α,β-unsaturated/α-hetero) is 1. The molecule has 0 aliphatic rings. The summed E-state index contributed by atoms with van der Waals surface area (Å²) < 4.78 is 0. The van der Waals surface area contributed by atoms with Gasteiger partial charge < -0.3 is 0 Å². The van der Waals surface area contributed by atoms with Crippen molar-refractivity contribution in [2.24, 2.45) is 0 Å². The number of aryl methyl sites for hydroxylation is 2. The third-order valence-electron chi connectivity index (χ3n) is 3.33. The van der Waals surface area contributed by atoms with Gasteiger partial charge in [-0.3, -0.25) is 4.79 Å². The van der Waals surface area contributed by atoms with Crippen LogP contribution in [0.2, 0.25) is 5.02 Å². The molecule has 2 nitrogen and oxygen atoms in total. The molecule has 2 rings (SSSR count). The Morgan fingerprint density at radius 2 is 1.85 bits per heavy atom. The van der Waals surface area contributed by atoms with Crippen LogP contribution in [0.25, 0.3) is 0 Å². The molecule has 0 aliphatic carbocycles. The standard InChI is InChI=1S/C17H14ClNO/c1-11-5-3-4-6-14(11)15(10-19)17(20)13-7-8-16(18)12(2)9-13/h3-9,15H,1-2H3. The van der Waals surface area contributed by atoms with E-state index in [0.717, 1.165) is 16.7 Å². The maximum absolute atomic E-state index is 12.5. The largest absolute Gasteiger partial charge is 0.292 e. The predicted molar refractivity (Wildman–Crippen MR) is 80.1 cm³/mol. The summed E-state index contributed by atoms with van der Waals surface area (Å²) in [7, 11) is 0. The maximum atomic E-state index is 12.5. The predicted octanol–water partition coefficient (Wildman–Crippen LogP) is 4.45. The quantitative estimate of drug-likeness (QED) is 0.781. The zero-order valence-electron chi connectivity index (χ0n) is 11.4. The highest BCUT2D eigenvalue weighted by Gasteiger charge is 2.23. The van der Waals surface area contributed by atoms with Gasteiger partial charge in [0, 0.05) is 10.6 Å². The molecule has 0 amide bonds. The summed E-state index contributed by atoms with van der Waals surface area (Å²) in [5.74, 6) is -0.974. The van der Waals surface area contributed by atoms with Gasteiger partial charge in [-0.05, 0) is 48.7 Å². The molecule has 2 aromatic carbocycles. The minimum absolute atomic E-state index is 0.193. The van der Waals surface area contributed by atoms with Crippen LogP contribution in [0.1, 0.15) is 33.0 Å². The van der Waals surface area contributed by atoms with Crippen molar-refractivity contribution in [1.82, 2.24) is 0 Å². The first-order valence-electron chi connectivity index (χ1n) is 6.30. The molecule has 0 spiro atoms. The van der Waals surface area contributed by atoms with Crippen molar-refractivity contribution in [3.05, 3.63) is 69.7 Å². The lowest BCUT2D eigenvalue weighted by Gasteiger charge is -2.12. The lowest BCUT2D eigenvalue weighted by atomic mass is 9.89. The first kappa shape index (κ1) is 14.3. The van der Waals surface area contributed by atoms with Crippen LogP contribution >= 0.6 is 11.6 Å². The van der Waals surface area contributed by atoms with Gasteiger partial charge in [0.2, 0.25) is 0 Å². The van der Waals surface area contributed by atoms with Crippen LogP contribution in [0.5, 0.6) is 0 Å². The van der Waals surface area contributed by atoms with E-state index in [1.54, 1.807) is 18.2 Å². The summed E-state index contributed by atoms with van der Waals surface area (Å²) in [6, 6.07) is 14.7. The third-order valence-corrected chi connectivity index (χ3v) is 3.76. The average molecular weight is 284 g/mol. The Bertz CT molecular complexity index is 700. The highest BCUT2D eigenvalue weighted by Crippen LogP contribution is 2.25. The normalized spacial score (nSPS) is 11.7. The van der Waals surface area contributed by atoms with Crippen molar-refractivity contribution in [1.29, 1.82) is 5.26 Å². The number of halogens is 1. The highest BCUT2D eigenvalue weighted by molar-refractivity contribution is 6.31. The van der Waals surface area contributed by atoms with Crippen molar-refractivity contribution in [2.75, 3.05) is 0 Å². The molecule has 0 N–H and O–H groups in total. The fraction of sp³-hybridized carbons (Fsp3) is 0.176. The van der Waals surface area contributed by atoms with Gasteiger partial charge >= 0.3 is 0 Å². The number of benzene rings is 2. The summed E-state index contributed by atoms with van der Waals surface area (Å²) >= 11 is 5.96. The Labute approximate surface area is 123 Å².